The van der Waals surface area contributed by atoms with Gasteiger partial charge >= 0.3 is 0 Å². The Morgan fingerprint density at radius 3 is 2.31 bits per heavy atom. The molecule has 1 aliphatic rings. The van der Waals surface area contributed by atoms with Crippen molar-refractivity contribution in [1.29, 1.82) is 0 Å². The summed E-state index contributed by atoms with van der Waals surface area (Å²) in [6, 6.07) is 10.2. The minimum atomic E-state index is -0.362. The van der Waals surface area contributed by atoms with Crippen LogP contribution in [0.1, 0.15) is 37.9 Å². The van der Waals surface area contributed by atoms with Crippen molar-refractivity contribution in [2.75, 3.05) is 13.1 Å². The molecule has 1 aromatic rings. The van der Waals surface area contributed by atoms with Crippen LogP contribution < -0.4 is 0 Å². The molecule has 0 aromatic heterocycles. The molecule has 2 rings (SSSR count). The lowest BCUT2D eigenvalue weighted by atomic mass is 10.00. The third-order valence-electron chi connectivity index (χ3n) is 3.56. The van der Waals surface area contributed by atoms with Gasteiger partial charge in [-0.1, -0.05) is 36.8 Å². The number of hydrogen-bond acceptors (Lipinski definition) is 2. The molecule has 1 aromatic carbocycles. The fourth-order valence-electron chi connectivity index (χ4n) is 2.45. The molecule has 0 radical (unpaired) electrons. The van der Waals surface area contributed by atoms with E-state index in [1.165, 1.54) is 19.3 Å². The average Bonchev–Trinajstić information content (AvgIpc) is 2.39. The molecule has 2 nitrogen and oxygen atoms in total. The van der Waals surface area contributed by atoms with E-state index in [2.05, 4.69) is 11.8 Å². The second-order valence-electron chi connectivity index (χ2n) is 4.69. The van der Waals surface area contributed by atoms with Crippen LogP contribution in [0.15, 0.2) is 30.3 Å². The Hall–Kier alpha value is -0.860. The maximum atomic E-state index is 10.3. The first-order chi connectivity index (χ1) is 7.79. The Morgan fingerprint density at radius 1 is 1.06 bits per heavy atom. The van der Waals surface area contributed by atoms with E-state index in [-0.39, 0.29) is 12.1 Å². The number of rotatable bonds is 3. The van der Waals surface area contributed by atoms with Crippen LogP contribution >= 0.6 is 0 Å². The highest BCUT2D eigenvalue weighted by atomic mass is 16.3. The van der Waals surface area contributed by atoms with E-state index in [0.29, 0.717) is 0 Å². The van der Waals surface area contributed by atoms with Crippen molar-refractivity contribution in [2.24, 2.45) is 0 Å². The Balaban J connectivity index is 2.00. The van der Waals surface area contributed by atoms with Crippen LogP contribution in [0.2, 0.25) is 0 Å². The molecular weight excluding hydrogens is 198 g/mol. The average molecular weight is 219 g/mol. The number of hydrogen-bond donors (Lipinski definition) is 1. The van der Waals surface area contributed by atoms with Gasteiger partial charge in [0.25, 0.3) is 0 Å². The van der Waals surface area contributed by atoms with Crippen LogP contribution in [0.25, 0.3) is 0 Å². The second-order valence-corrected chi connectivity index (χ2v) is 4.69. The molecule has 1 saturated heterocycles. The molecule has 0 saturated carbocycles. The minimum Gasteiger partial charge on any atom is -0.387 e. The quantitative estimate of drug-likeness (QED) is 0.844. The summed E-state index contributed by atoms with van der Waals surface area (Å²) < 4.78 is 0. The van der Waals surface area contributed by atoms with E-state index in [9.17, 15) is 5.11 Å². The fraction of sp³-hybridized carbons (Fsp3) is 0.571. The van der Waals surface area contributed by atoms with Crippen molar-refractivity contribution in [3.8, 4) is 0 Å². The molecule has 0 spiro atoms. The molecule has 16 heavy (non-hydrogen) atoms. The standard InChI is InChI=1S/C14H21NO/c1-12(15-10-6-3-7-11-15)14(16)13-8-4-2-5-9-13/h2,4-5,8-9,12,14,16H,3,6-7,10-11H2,1H3/t12-,14?/m1/s1. The van der Waals surface area contributed by atoms with Gasteiger partial charge in [-0.05, 0) is 38.4 Å². The van der Waals surface area contributed by atoms with Gasteiger partial charge in [0.05, 0.1) is 6.10 Å². The molecule has 1 fully saturated rings. The van der Waals surface area contributed by atoms with Gasteiger partial charge in [-0.3, -0.25) is 4.90 Å². The molecule has 2 atom stereocenters. The first-order valence-electron chi connectivity index (χ1n) is 6.26. The largest absolute Gasteiger partial charge is 0.387 e. The first-order valence-corrected chi connectivity index (χ1v) is 6.26. The molecule has 0 amide bonds. The highest BCUT2D eigenvalue weighted by molar-refractivity contribution is 5.18. The summed E-state index contributed by atoms with van der Waals surface area (Å²) in [5.74, 6) is 0. The van der Waals surface area contributed by atoms with Crippen molar-refractivity contribution < 1.29 is 5.11 Å². The zero-order valence-electron chi connectivity index (χ0n) is 9.97. The predicted molar refractivity (Wildman–Crippen MR) is 66.3 cm³/mol. The van der Waals surface area contributed by atoms with E-state index < -0.39 is 0 Å². The SMILES string of the molecule is C[C@H](C(O)c1ccccc1)N1CCCCC1. The molecule has 0 aliphatic carbocycles. The highest BCUT2D eigenvalue weighted by Gasteiger charge is 2.23. The third-order valence-corrected chi connectivity index (χ3v) is 3.56. The zero-order chi connectivity index (χ0) is 11.4. The summed E-state index contributed by atoms with van der Waals surface area (Å²) in [5, 5.41) is 10.3. The Kier molecular flexibility index (Phi) is 3.97. The second kappa shape index (κ2) is 5.46. The smallest absolute Gasteiger partial charge is 0.0942 e. The van der Waals surface area contributed by atoms with Gasteiger partial charge in [-0.15, -0.1) is 0 Å². The van der Waals surface area contributed by atoms with Crippen molar-refractivity contribution in [3.63, 3.8) is 0 Å². The summed E-state index contributed by atoms with van der Waals surface area (Å²) in [6.07, 6.45) is 3.52. The molecular formula is C14H21NO. The summed E-state index contributed by atoms with van der Waals surface area (Å²) in [6.45, 7) is 4.39. The van der Waals surface area contributed by atoms with Gasteiger partial charge in [0.2, 0.25) is 0 Å². The van der Waals surface area contributed by atoms with Gasteiger partial charge in [0.1, 0.15) is 0 Å². The lowest BCUT2D eigenvalue weighted by Gasteiger charge is -2.35. The lowest BCUT2D eigenvalue weighted by molar-refractivity contribution is 0.0471. The molecule has 88 valence electrons. The maximum Gasteiger partial charge on any atom is 0.0942 e. The zero-order valence-corrected chi connectivity index (χ0v) is 9.97. The van der Waals surface area contributed by atoms with E-state index in [0.717, 1.165) is 18.7 Å². The topological polar surface area (TPSA) is 23.5 Å². The van der Waals surface area contributed by atoms with E-state index in [1.807, 2.05) is 30.3 Å². The van der Waals surface area contributed by atoms with E-state index >= 15 is 0 Å². The number of aliphatic hydroxyl groups is 1. The molecule has 0 bridgehead atoms. The number of piperidine rings is 1. The van der Waals surface area contributed by atoms with Crippen LogP contribution in [0.5, 0.6) is 0 Å². The molecule has 1 aliphatic heterocycles. The van der Waals surface area contributed by atoms with Gasteiger partial charge in [-0.25, -0.2) is 0 Å². The number of benzene rings is 1. The van der Waals surface area contributed by atoms with Gasteiger partial charge in [0.15, 0.2) is 0 Å². The summed E-state index contributed by atoms with van der Waals surface area (Å²) >= 11 is 0. The van der Waals surface area contributed by atoms with Crippen LogP contribution in [0, 0.1) is 0 Å². The molecule has 2 heteroatoms. The number of likely N-dealkylation sites (tertiary alicyclic amines) is 1. The van der Waals surface area contributed by atoms with Gasteiger partial charge in [0, 0.05) is 6.04 Å². The Bertz CT molecular complexity index is 306. The number of aliphatic hydroxyl groups excluding tert-OH is 1. The van der Waals surface area contributed by atoms with Crippen molar-refractivity contribution in [1.82, 2.24) is 4.90 Å². The normalized spacial score (nSPS) is 21.6. The molecule has 1 unspecified atom stereocenters. The summed E-state index contributed by atoms with van der Waals surface area (Å²) in [5.41, 5.74) is 1.03. The number of nitrogens with zero attached hydrogens (tertiary/aromatic N) is 1. The van der Waals surface area contributed by atoms with Crippen LogP contribution in [0.4, 0.5) is 0 Å². The van der Waals surface area contributed by atoms with Crippen LogP contribution in [0.3, 0.4) is 0 Å². The fourth-order valence-corrected chi connectivity index (χ4v) is 2.45. The summed E-state index contributed by atoms with van der Waals surface area (Å²) in [7, 11) is 0. The van der Waals surface area contributed by atoms with E-state index in [4.69, 9.17) is 0 Å². The predicted octanol–water partition coefficient (Wildman–Crippen LogP) is 2.59. The van der Waals surface area contributed by atoms with Crippen LogP contribution in [-0.4, -0.2) is 29.1 Å². The molecule has 1 N–H and O–H groups in total. The first kappa shape index (κ1) is 11.6. The van der Waals surface area contributed by atoms with Crippen molar-refractivity contribution in [3.05, 3.63) is 35.9 Å². The highest BCUT2D eigenvalue weighted by Crippen LogP contribution is 2.23. The summed E-state index contributed by atoms with van der Waals surface area (Å²) in [4.78, 5) is 2.40. The maximum absolute atomic E-state index is 10.3. The lowest BCUT2D eigenvalue weighted by Crippen LogP contribution is -2.40. The monoisotopic (exact) mass is 219 g/mol. The molecule has 1 heterocycles. The van der Waals surface area contributed by atoms with Crippen molar-refractivity contribution in [2.45, 2.75) is 38.3 Å². The van der Waals surface area contributed by atoms with Gasteiger partial charge < -0.3 is 5.11 Å². The minimum absolute atomic E-state index is 0.225. The van der Waals surface area contributed by atoms with Crippen molar-refractivity contribution >= 4 is 0 Å². The van der Waals surface area contributed by atoms with E-state index in [1.54, 1.807) is 0 Å². The Labute approximate surface area is 97.9 Å². The van der Waals surface area contributed by atoms with Gasteiger partial charge in [-0.2, -0.15) is 0 Å². The Morgan fingerprint density at radius 2 is 1.69 bits per heavy atom. The third kappa shape index (κ3) is 2.63. The van der Waals surface area contributed by atoms with Crippen LogP contribution in [-0.2, 0) is 0 Å².